The number of anilines is 1. The van der Waals surface area contributed by atoms with Gasteiger partial charge in [-0.15, -0.1) is 0 Å². The van der Waals surface area contributed by atoms with Crippen molar-refractivity contribution in [2.45, 2.75) is 32.2 Å². The first kappa shape index (κ1) is 25.4. The van der Waals surface area contributed by atoms with Gasteiger partial charge in [0.1, 0.15) is 0 Å². The molecular weight excluding hydrogens is 448 g/mol. The molecule has 1 unspecified atom stereocenters. The predicted octanol–water partition coefficient (Wildman–Crippen LogP) is 1.03. The van der Waals surface area contributed by atoms with Gasteiger partial charge in [0.05, 0.1) is 18.8 Å². The largest absolute Gasteiger partial charge is 0.352 e. The maximum Gasteiger partial charge on any atom is 0.258 e. The second kappa shape index (κ2) is 12.3. The highest BCUT2D eigenvalue weighted by Crippen LogP contribution is 2.20. The van der Waals surface area contributed by atoms with Gasteiger partial charge in [0.15, 0.2) is 0 Å². The molecule has 0 spiro atoms. The monoisotopic (exact) mass is 476 g/mol. The Hall–Kier alpha value is -4.27. The number of carbonyl (C=O) groups is 5. The SMILES string of the molecule is CC(Cc1ccccc1)NC(=O)CNC(=O)CNC(=O)CCc1ccc(N2C(=O)C=CC2=O)cc1. The molecule has 1 aliphatic heterocycles. The second-order valence-electron chi connectivity index (χ2n) is 8.22. The van der Waals surface area contributed by atoms with Crippen LogP contribution in [0.2, 0.25) is 0 Å². The molecule has 5 amide bonds. The lowest BCUT2D eigenvalue weighted by atomic mass is 10.1. The van der Waals surface area contributed by atoms with Crippen molar-refractivity contribution in [2.24, 2.45) is 0 Å². The molecule has 3 N–H and O–H groups in total. The summed E-state index contributed by atoms with van der Waals surface area (Å²) in [7, 11) is 0. The number of carbonyl (C=O) groups excluding carboxylic acids is 5. The van der Waals surface area contributed by atoms with Gasteiger partial charge in [-0.3, -0.25) is 24.0 Å². The lowest BCUT2D eigenvalue weighted by Crippen LogP contribution is -2.44. The summed E-state index contributed by atoms with van der Waals surface area (Å²) in [5, 5.41) is 7.85. The fourth-order valence-corrected chi connectivity index (χ4v) is 3.58. The van der Waals surface area contributed by atoms with E-state index < -0.39 is 5.91 Å². The average Bonchev–Trinajstić information content (AvgIpc) is 3.18. The van der Waals surface area contributed by atoms with Crippen LogP contribution in [-0.4, -0.2) is 48.7 Å². The summed E-state index contributed by atoms with van der Waals surface area (Å²) in [6, 6.07) is 16.5. The Morgan fingerprint density at radius 3 is 2.03 bits per heavy atom. The molecule has 0 aromatic heterocycles. The molecule has 0 bridgehead atoms. The fraction of sp³-hybridized carbons (Fsp3) is 0.269. The Labute approximate surface area is 203 Å². The first-order chi connectivity index (χ1) is 16.8. The van der Waals surface area contributed by atoms with Gasteiger partial charge in [0.25, 0.3) is 11.8 Å². The van der Waals surface area contributed by atoms with E-state index in [-0.39, 0.29) is 49.2 Å². The summed E-state index contributed by atoms with van der Waals surface area (Å²) in [5.74, 6) is -1.84. The maximum absolute atomic E-state index is 12.1. The molecule has 0 saturated heterocycles. The number of aryl methyl sites for hydroxylation is 1. The van der Waals surface area contributed by atoms with Gasteiger partial charge in [0, 0.05) is 24.6 Å². The highest BCUT2D eigenvalue weighted by Gasteiger charge is 2.24. The zero-order chi connectivity index (χ0) is 25.2. The van der Waals surface area contributed by atoms with E-state index in [0.717, 1.165) is 16.0 Å². The van der Waals surface area contributed by atoms with Gasteiger partial charge in [-0.2, -0.15) is 0 Å². The van der Waals surface area contributed by atoms with Crippen molar-refractivity contribution >= 4 is 35.2 Å². The molecule has 0 fully saturated rings. The molecule has 1 atom stereocenters. The molecule has 2 aromatic rings. The normalized spacial score (nSPS) is 13.5. The van der Waals surface area contributed by atoms with E-state index >= 15 is 0 Å². The second-order valence-corrected chi connectivity index (χ2v) is 8.22. The molecule has 0 radical (unpaired) electrons. The van der Waals surface area contributed by atoms with E-state index in [4.69, 9.17) is 0 Å². The van der Waals surface area contributed by atoms with Crippen LogP contribution in [0, 0.1) is 0 Å². The van der Waals surface area contributed by atoms with Gasteiger partial charge in [-0.05, 0) is 43.0 Å². The molecule has 1 aliphatic rings. The first-order valence-electron chi connectivity index (χ1n) is 11.3. The van der Waals surface area contributed by atoms with E-state index in [1.165, 1.54) is 12.2 Å². The Bertz CT molecular complexity index is 1090. The molecule has 3 rings (SSSR count). The van der Waals surface area contributed by atoms with Crippen molar-refractivity contribution in [3.63, 3.8) is 0 Å². The minimum atomic E-state index is -0.456. The van der Waals surface area contributed by atoms with Crippen molar-refractivity contribution in [1.82, 2.24) is 16.0 Å². The van der Waals surface area contributed by atoms with Gasteiger partial charge >= 0.3 is 0 Å². The van der Waals surface area contributed by atoms with Crippen LogP contribution in [0.4, 0.5) is 5.69 Å². The van der Waals surface area contributed by atoms with Crippen LogP contribution < -0.4 is 20.9 Å². The van der Waals surface area contributed by atoms with E-state index in [0.29, 0.717) is 18.5 Å². The fourth-order valence-electron chi connectivity index (χ4n) is 3.58. The Balaban J connectivity index is 1.31. The van der Waals surface area contributed by atoms with Crippen molar-refractivity contribution in [1.29, 1.82) is 0 Å². The summed E-state index contributed by atoms with van der Waals surface area (Å²) < 4.78 is 0. The topological polar surface area (TPSA) is 125 Å². The summed E-state index contributed by atoms with van der Waals surface area (Å²) in [6.45, 7) is 1.50. The number of rotatable bonds is 11. The van der Waals surface area contributed by atoms with Crippen molar-refractivity contribution < 1.29 is 24.0 Å². The number of amides is 5. The maximum atomic E-state index is 12.1. The third-order valence-corrected chi connectivity index (χ3v) is 5.33. The van der Waals surface area contributed by atoms with E-state index in [2.05, 4.69) is 16.0 Å². The van der Waals surface area contributed by atoms with E-state index in [1.54, 1.807) is 24.3 Å². The molecule has 0 aliphatic carbocycles. The quantitative estimate of drug-likeness (QED) is 0.418. The molecule has 1 heterocycles. The predicted molar refractivity (Wildman–Crippen MR) is 130 cm³/mol. The summed E-state index contributed by atoms with van der Waals surface area (Å²) in [5.41, 5.74) is 2.42. The Kier molecular flexibility index (Phi) is 8.89. The van der Waals surface area contributed by atoms with Crippen molar-refractivity contribution in [3.05, 3.63) is 77.9 Å². The Morgan fingerprint density at radius 2 is 1.37 bits per heavy atom. The number of imide groups is 1. The third-order valence-electron chi connectivity index (χ3n) is 5.33. The molecule has 9 nitrogen and oxygen atoms in total. The van der Waals surface area contributed by atoms with Crippen LogP contribution in [-0.2, 0) is 36.8 Å². The van der Waals surface area contributed by atoms with Gasteiger partial charge in [0.2, 0.25) is 17.7 Å². The number of benzene rings is 2. The number of nitrogens with one attached hydrogen (secondary N) is 3. The van der Waals surface area contributed by atoms with Crippen LogP contribution in [0.25, 0.3) is 0 Å². The van der Waals surface area contributed by atoms with Gasteiger partial charge in [-0.25, -0.2) is 4.90 Å². The summed E-state index contributed by atoms with van der Waals surface area (Å²) in [6.07, 6.45) is 3.71. The molecule has 9 heteroatoms. The number of nitrogens with zero attached hydrogens (tertiary/aromatic N) is 1. The van der Waals surface area contributed by atoms with Crippen molar-refractivity contribution in [3.8, 4) is 0 Å². The van der Waals surface area contributed by atoms with E-state index in [1.807, 2.05) is 37.3 Å². The third kappa shape index (κ3) is 7.92. The smallest absolute Gasteiger partial charge is 0.258 e. The molecule has 0 saturated carbocycles. The van der Waals surface area contributed by atoms with Crippen LogP contribution in [0.15, 0.2) is 66.7 Å². The van der Waals surface area contributed by atoms with Crippen LogP contribution in [0.3, 0.4) is 0 Å². The summed E-state index contributed by atoms with van der Waals surface area (Å²) in [4.78, 5) is 60.6. The first-order valence-corrected chi connectivity index (χ1v) is 11.3. The van der Waals surface area contributed by atoms with Gasteiger partial charge in [-0.1, -0.05) is 42.5 Å². The average molecular weight is 477 g/mol. The van der Waals surface area contributed by atoms with Crippen LogP contribution >= 0.6 is 0 Å². The lowest BCUT2D eigenvalue weighted by Gasteiger charge is -2.14. The Morgan fingerprint density at radius 1 is 0.771 bits per heavy atom. The molecule has 35 heavy (non-hydrogen) atoms. The molecular formula is C26H28N4O5. The van der Waals surface area contributed by atoms with E-state index in [9.17, 15) is 24.0 Å². The minimum Gasteiger partial charge on any atom is -0.352 e. The minimum absolute atomic E-state index is 0.0800. The van der Waals surface area contributed by atoms with Crippen molar-refractivity contribution in [2.75, 3.05) is 18.0 Å². The number of hydrogen-bond acceptors (Lipinski definition) is 5. The van der Waals surface area contributed by atoms with Crippen LogP contribution in [0.1, 0.15) is 24.5 Å². The molecule has 182 valence electrons. The highest BCUT2D eigenvalue weighted by molar-refractivity contribution is 6.28. The standard InChI is InChI=1S/C26H28N4O5/c1-18(15-20-5-3-2-4-6-20)29-24(33)17-28-23(32)16-27-22(31)12-9-19-7-10-21(11-8-19)30-25(34)13-14-26(30)35/h2-8,10-11,13-14,18H,9,12,15-17H2,1H3,(H,27,31)(H,28,32)(H,29,33). The molecule has 2 aromatic carbocycles. The van der Waals surface area contributed by atoms with Gasteiger partial charge < -0.3 is 16.0 Å². The van der Waals surface area contributed by atoms with Crippen LogP contribution in [0.5, 0.6) is 0 Å². The number of hydrogen-bond donors (Lipinski definition) is 3. The highest BCUT2D eigenvalue weighted by atomic mass is 16.2. The zero-order valence-corrected chi connectivity index (χ0v) is 19.5. The zero-order valence-electron chi connectivity index (χ0n) is 19.5. The lowest BCUT2D eigenvalue weighted by molar-refractivity contribution is -0.127. The summed E-state index contributed by atoms with van der Waals surface area (Å²) >= 11 is 0.